The fraction of sp³-hybridized carbons (Fsp3) is 0.625. The molecular formula is C64H94N2S4. The largest absolute Gasteiger partial charge is 0.222 e. The number of nitrogens with zero attached hydrogens (tertiary/aromatic N) is 2. The molecular weight excluding hydrogens is 925 g/mol. The normalized spacial score (nSPS) is 11.8. The van der Waals surface area contributed by atoms with Crippen LogP contribution in [0.25, 0.3) is 50.3 Å². The number of fused-ring (bicyclic) bond motifs is 1. The maximum absolute atomic E-state index is 5.41. The van der Waals surface area contributed by atoms with Crippen molar-refractivity contribution in [2.45, 2.75) is 259 Å². The summed E-state index contributed by atoms with van der Waals surface area (Å²) in [6, 6.07) is 24.1. The molecule has 0 amide bonds. The fourth-order valence-corrected chi connectivity index (χ4v) is 14.9. The molecule has 0 saturated heterocycles. The van der Waals surface area contributed by atoms with Crippen LogP contribution in [0.15, 0.2) is 60.7 Å². The lowest BCUT2D eigenvalue weighted by Gasteiger charge is -2.04. The molecule has 0 bridgehead atoms. The van der Waals surface area contributed by atoms with E-state index in [9.17, 15) is 0 Å². The zero-order chi connectivity index (χ0) is 48.9. The van der Waals surface area contributed by atoms with E-state index in [0.29, 0.717) is 0 Å². The molecule has 0 aliphatic carbocycles. The summed E-state index contributed by atoms with van der Waals surface area (Å²) in [5, 5.41) is 2.32. The summed E-state index contributed by atoms with van der Waals surface area (Å²) in [6.45, 7) is 9.24. The number of thiazole rings is 2. The van der Waals surface area contributed by atoms with Crippen molar-refractivity contribution in [2.24, 2.45) is 0 Å². The third-order valence-electron chi connectivity index (χ3n) is 14.7. The van der Waals surface area contributed by atoms with Crippen molar-refractivity contribution >= 4 is 55.0 Å². The highest BCUT2D eigenvalue weighted by Crippen LogP contribution is 2.46. The molecule has 0 aliphatic heterocycles. The monoisotopic (exact) mass is 1020 g/mol. The van der Waals surface area contributed by atoms with Gasteiger partial charge in [0, 0.05) is 9.75 Å². The zero-order valence-corrected chi connectivity index (χ0v) is 48.0. The van der Waals surface area contributed by atoms with Crippen molar-refractivity contribution in [3.63, 3.8) is 0 Å². The highest BCUT2D eigenvalue weighted by atomic mass is 32.1. The van der Waals surface area contributed by atoms with E-state index >= 15 is 0 Å². The summed E-state index contributed by atoms with van der Waals surface area (Å²) in [7, 11) is 0. The lowest BCUT2D eigenvalue weighted by atomic mass is 10.0. The molecule has 4 heterocycles. The second kappa shape index (κ2) is 34.0. The molecule has 0 fully saturated rings. The van der Waals surface area contributed by atoms with Crippen molar-refractivity contribution in [2.75, 3.05) is 0 Å². The molecule has 0 unspecified atom stereocenters. The second-order valence-electron chi connectivity index (χ2n) is 20.9. The molecule has 0 radical (unpaired) electrons. The van der Waals surface area contributed by atoms with E-state index in [4.69, 9.17) is 9.97 Å². The first-order valence-electron chi connectivity index (χ1n) is 29.3. The lowest BCUT2D eigenvalue weighted by molar-refractivity contribution is 0.556. The van der Waals surface area contributed by atoms with Gasteiger partial charge < -0.3 is 0 Å². The van der Waals surface area contributed by atoms with Gasteiger partial charge in [0.05, 0.1) is 9.75 Å². The number of aryl methyl sites for hydroxylation is 4. The minimum absolute atomic E-state index is 1.10. The van der Waals surface area contributed by atoms with Crippen LogP contribution in [0.5, 0.6) is 0 Å². The van der Waals surface area contributed by atoms with Gasteiger partial charge in [0.25, 0.3) is 0 Å². The van der Waals surface area contributed by atoms with Crippen LogP contribution in [0.4, 0.5) is 0 Å². The van der Waals surface area contributed by atoms with Crippen molar-refractivity contribution in [3.05, 3.63) is 82.9 Å². The Morgan fingerprint density at radius 2 is 0.571 bits per heavy atom. The predicted octanol–water partition coefficient (Wildman–Crippen LogP) is 23.3. The smallest absolute Gasteiger partial charge is 0.155 e. The molecule has 6 heteroatoms. The van der Waals surface area contributed by atoms with E-state index in [2.05, 4.69) is 88.4 Å². The number of hydrogen-bond donors (Lipinski definition) is 0. The van der Waals surface area contributed by atoms with Gasteiger partial charge in [0.1, 0.15) is 10.0 Å². The Labute approximate surface area is 444 Å². The van der Waals surface area contributed by atoms with Gasteiger partial charge in [-0.15, -0.1) is 22.7 Å². The molecule has 0 N–H and O–H groups in total. The Bertz CT molecular complexity index is 2060. The van der Waals surface area contributed by atoms with Gasteiger partial charge in [-0.05, 0) is 96.9 Å². The Balaban J connectivity index is 1.11. The first-order chi connectivity index (χ1) is 34.6. The predicted molar refractivity (Wildman–Crippen MR) is 318 cm³/mol. The number of rotatable bonds is 40. The number of unbranched alkanes of at least 4 members (excludes halogenated alkanes) is 28. The van der Waals surface area contributed by atoms with Gasteiger partial charge in [-0.25, -0.2) is 9.97 Å². The van der Waals surface area contributed by atoms with E-state index in [0.717, 1.165) is 32.5 Å². The van der Waals surface area contributed by atoms with E-state index in [1.54, 1.807) is 0 Å². The van der Waals surface area contributed by atoms with E-state index < -0.39 is 0 Å². The van der Waals surface area contributed by atoms with Gasteiger partial charge in [0.15, 0.2) is 9.66 Å². The molecule has 384 valence electrons. The van der Waals surface area contributed by atoms with Crippen LogP contribution in [0.3, 0.4) is 0 Å². The van der Waals surface area contributed by atoms with E-state index in [1.165, 1.54) is 271 Å². The average molecular weight is 1020 g/mol. The van der Waals surface area contributed by atoms with Crippen LogP contribution in [-0.2, 0) is 25.7 Å². The molecule has 6 aromatic rings. The minimum atomic E-state index is 1.10. The summed E-state index contributed by atoms with van der Waals surface area (Å²) in [5.41, 5.74) is 8.61. The number of aromatic nitrogens is 2. The number of hydrogen-bond acceptors (Lipinski definition) is 6. The van der Waals surface area contributed by atoms with Gasteiger partial charge in [-0.2, -0.15) is 0 Å². The summed E-state index contributed by atoms with van der Waals surface area (Å²) in [6.07, 6.45) is 48.3. The Kier molecular flexibility index (Phi) is 27.5. The SMILES string of the molecule is CCCCCCCCCCCCc1ccc(-c2cc(CCCCCCCC)c(-c3nc4sc(-c5sc(-c6ccc(CCCCCCCCCCCC)cc6)cc5CCCCCCCC)nc4s3)s2)cc1. The highest BCUT2D eigenvalue weighted by Gasteiger charge is 2.21. The Morgan fingerprint density at radius 3 is 0.871 bits per heavy atom. The first kappa shape index (κ1) is 56.7. The van der Waals surface area contributed by atoms with Gasteiger partial charge >= 0.3 is 0 Å². The van der Waals surface area contributed by atoms with Crippen molar-refractivity contribution in [1.82, 2.24) is 9.97 Å². The quantitative estimate of drug-likeness (QED) is 0.0359. The van der Waals surface area contributed by atoms with Crippen LogP contribution >= 0.6 is 45.3 Å². The molecule has 0 aliphatic rings. The zero-order valence-electron chi connectivity index (χ0n) is 44.8. The fourth-order valence-electron chi connectivity index (χ4n) is 10.2. The molecule has 2 aromatic carbocycles. The molecule has 6 rings (SSSR count). The average Bonchev–Trinajstić information content (AvgIpc) is 4.19. The lowest BCUT2D eigenvalue weighted by Crippen LogP contribution is -1.87. The second-order valence-corrected chi connectivity index (χ2v) is 24.9. The van der Waals surface area contributed by atoms with Gasteiger partial charge in [-0.3, -0.25) is 0 Å². The third-order valence-corrected chi connectivity index (χ3v) is 19.5. The van der Waals surface area contributed by atoms with Crippen LogP contribution in [0.1, 0.15) is 255 Å². The Hall–Kier alpha value is -2.64. The maximum Gasteiger partial charge on any atom is 0.155 e. The van der Waals surface area contributed by atoms with Crippen molar-refractivity contribution in [3.8, 4) is 40.7 Å². The summed E-state index contributed by atoms with van der Waals surface area (Å²) >= 11 is 7.55. The molecule has 70 heavy (non-hydrogen) atoms. The molecule has 0 saturated carbocycles. The van der Waals surface area contributed by atoms with Crippen LogP contribution < -0.4 is 0 Å². The summed E-state index contributed by atoms with van der Waals surface area (Å²) in [4.78, 5) is 18.5. The van der Waals surface area contributed by atoms with Crippen LogP contribution in [0, 0.1) is 0 Å². The maximum atomic E-state index is 5.41. The van der Waals surface area contributed by atoms with Crippen LogP contribution in [-0.4, -0.2) is 9.97 Å². The number of benzene rings is 2. The standard InChI is InChI=1S/C64H94N2S4/c1-5-9-13-17-21-23-25-27-29-33-37-51-41-45-53(46-42-51)57-49-55(39-35-31-19-15-11-7-3)59(67-57)61-65-63-64(69-61)66-62(70-63)60-56(40-36-32-20-16-12-8-4)50-58(68-60)54-47-43-52(44-48-54)38-34-30-28-26-24-22-18-14-10-6-2/h41-50H,5-40H2,1-4H3. The molecule has 2 nitrogen and oxygen atoms in total. The Morgan fingerprint density at radius 1 is 0.300 bits per heavy atom. The van der Waals surface area contributed by atoms with E-state index in [1.807, 2.05) is 45.3 Å². The first-order valence-corrected chi connectivity index (χ1v) is 32.6. The summed E-state index contributed by atoms with van der Waals surface area (Å²) < 4.78 is 0. The number of thiophene rings is 2. The van der Waals surface area contributed by atoms with Crippen LogP contribution in [0.2, 0.25) is 0 Å². The molecule has 0 atom stereocenters. The molecule has 0 spiro atoms. The topological polar surface area (TPSA) is 25.8 Å². The summed E-state index contributed by atoms with van der Waals surface area (Å²) in [5.74, 6) is 0. The van der Waals surface area contributed by atoms with Crippen molar-refractivity contribution < 1.29 is 0 Å². The highest BCUT2D eigenvalue weighted by molar-refractivity contribution is 7.32. The molecule has 4 aromatic heterocycles. The van der Waals surface area contributed by atoms with Crippen molar-refractivity contribution in [1.29, 1.82) is 0 Å². The third kappa shape index (κ3) is 19.7. The minimum Gasteiger partial charge on any atom is -0.222 e. The van der Waals surface area contributed by atoms with E-state index in [-0.39, 0.29) is 0 Å². The van der Waals surface area contributed by atoms with Gasteiger partial charge in [0.2, 0.25) is 0 Å². The van der Waals surface area contributed by atoms with Gasteiger partial charge in [-0.1, -0.05) is 279 Å².